The van der Waals surface area contributed by atoms with Gasteiger partial charge in [-0.3, -0.25) is 0 Å². The Morgan fingerprint density at radius 1 is 1.12 bits per heavy atom. The lowest BCUT2D eigenvalue weighted by molar-refractivity contribution is -0.0135. The van der Waals surface area contributed by atoms with Gasteiger partial charge in [0.1, 0.15) is 6.10 Å². The topological polar surface area (TPSA) is 102 Å². The zero-order chi connectivity index (χ0) is 17.9. The molecular formula is C17H19N3O4S. The number of hydrogen-bond acceptors (Lipinski definition) is 4. The van der Waals surface area contributed by atoms with E-state index in [-0.39, 0.29) is 17.0 Å². The fraction of sp³-hybridized carbons (Fsp3) is 0.235. The Hall–Kier alpha value is -2.42. The highest BCUT2D eigenvalue weighted by Gasteiger charge is 2.25. The maximum atomic E-state index is 12.4. The van der Waals surface area contributed by atoms with Gasteiger partial charge in [0.2, 0.25) is 10.0 Å². The van der Waals surface area contributed by atoms with E-state index in [1.54, 1.807) is 4.90 Å². The first kappa shape index (κ1) is 17.4. The molecule has 2 aromatic rings. The molecular weight excluding hydrogens is 342 g/mol. The highest BCUT2D eigenvalue weighted by molar-refractivity contribution is 7.89. The Labute approximate surface area is 146 Å². The SMILES string of the molecule is NS(=O)(=O)c1ccc(NC(=O)N2CCOC(c3ccccc3)C2)cc1. The highest BCUT2D eigenvalue weighted by Crippen LogP contribution is 2.22. The summed E-state index contributed by atoms with van der Waals surface area (Å²) in [5.41, 5.74) is 1.53. The van der Waals surface area contributed by atoms with Crippen LogP contribution in [0.25, 0.3) is 0 Å². The van der Waals surface area contributed by atoms with Crippen LogP contribution in [0, 0.1) is 0 Å². The largest absolute Gasteiger partial charge is 0.370 e. The minimum Gasteiger partial charge on any atom is -0.370 e. The summed E-state index contributed by atoms with van der Waals surface area (Å²) in [6.07, 6.45) is -0.162. The number of anilines is 1. The molecule has 2 aromatic carbocycles. The number of amides is 2. The second kappa shape index (κ2) is 7.22. The molecule has 1 unspecified atom stereocenters. The van der Waals surface area contributed by atoms with Crippen LogP contribution in [0.2, 0.25) is 0 Å². The maximum Gasteiger partial charge on any atom is 0.322 e. The van der Waals surface area contributed by atoms with Crippen molar-refractivity contribution in [2.45, 2.75) is 11.0 Å². The number of benzene rings is 2. The number of rotatable bonds is 3. The standard InChI is InChI=1S/C17H19N3O4S/c18-25(22,23)15-8-6-14(7-9-15)19-17(21)20-10-11-24-16(12-20)13-4-2-1-3-5-13/h1-9,16H,10-12H2,(H,19,21)(H2,18,22,23). The number of primary sulfonamides is 1. The van der Waals surface area contributed by atoms with Crippen molar-refractivity contribution in [1.29, 1.82) is 0 Å². The van der Waals surface area contributed by atoms with E-state index in [1.807, 2.05) is 30.3 Å². The molecule has 3 rings (SSSR count). The van der Waals surface area contributed by atoms with Gasteiger partial charge < -0.3 is 15.0 Å². The zero-order valence-electron chi connectivity index (χ0n) is 13.5. The highest BCUT2D eigenvalue weighted by atomic mass is 32.2. The third kappa shape index (κ3) is 4.36. The van der Waals surface area contributed by atoms with Crippen LogP contribution in [0.5, 0.6) is 0 Å². The summed E-state index contributed by atoms with van der Waals surface area (Å²) in [6.45, 7) is 1.40. The van der Waals surface area contributed by atoms with E-state index in [0.29, 0.717) is 25.4 Å². The average molecular weight is 361 g/mol. The smallest absolute Gasteiger partial charge is 0.322 e. The monoisotopic (exact) mass is 361 g/mol. The molecule has 0 aromatic heterocycles. The van der Waals surface area contributed by atoms with Gasteiger partial charge in [-0.2, -0.15) is 0 Å². The number of nitrogens with two attached hydrogens (primary N) is 1. The Kier molecular flexibility index (Phi) is 5.03. The number of hydrogen-bond donors (Lipinski definition) is 2. The molecule has 0 bridgehead atoms. The van der Waals surface area contributed by atoms with Crippen molar-refractivity contribution >= 4 is 21.7 Å². The molecule has 132 valence electrons. The van der Waals surface area contributed by atoms with Gasteiger partial charge in [0, 0.05) is 12.2 Å². The van der Waals surface area contributed by atoms with E-state index < -0.39 is 10.0 Å². The van der Waals surface area contributed by atoms with Crippen LogP contribution in [0.4, 0.5) is 10.5 Å². The lowest BCUT2D eigenvalue weighted by Gasteiger charge is -2.33. The molecule has 3 N–H and O–H groups in total. The number of carbonyl (C=O) groups is 1. The third-order valence-electron chi connectivity index (χ3n) is 3.96. The van der Waals surface area contributed by atoms with Crippen molar-refractivity contribution in [1.82, 2.24) is 4.90 Å². The van der Waals surface area contributed by atoms with Gasteiger partial charge in [-0.1, -0.05) is 30.3 Å². The summed E-state index contributed by atoms with van der Waals surface area (Å²) >= 11 is 0. The number of nitrogens with one attached hydrogen (secondary N) is 1. The number of nitrogens with zero attached hydrogens (tertiary/aromatic N) is 1. The number of carbonyl (C=O) groups excluding carboxylic acids is 1. The van der Waals surface area contributed by atoms with Crippen molar-refractivity contribution < 1.29 is 17.9 Å². The summed E-state index contributed by atoms with van der Waals surface area (Å²) in [5, 5.41) is 7.82. The van der Waals surface area contributed by atoms with Crippen LogP contribution in [0.1, 0.15) is 11.7 Å². The molecule has 1 aliphatic rings. The Bertz CT molecular complexity index is 838. The summed E-state index contributed by atoms with van der Waals surface area (Å²) < 4.78 is 28.3. The van der Waals surface area contributed by atoms with Gasteiger partial charge >= 0.3 is 6.03 Å². The van der Waals surface area contributed by atoms with Crippen LogP contribution >= 0.6 is 0 Å². The van der Waals surface area contributed by atoms with Crippen molar-refractivity contribution in [2.75, 3.05) is 25.0 Å². The second-order valence-electron chi connectivity index (χ2n) is 5.72. The second-order valence-corrected chi connectivity index (χ2v) is 7.28. The summed E-state index contributed by atoms with van der Waals surface area (Å²) in [7, 11) is -3.75. The van der Waals surface area contributed by atoms with Crippen LogP contribution in [-0.2, 0) is 14.8 Å². The number of urea groups is 1. The number of ether oxygens (including phenoxy) is 1. The Morgan fingerprint density at radius 3 is 2.44 bits per heavy atom. The van der Waals surface area contributed by atoms with Crippen LogP contribution in [0.15, 0.2) is 59.5 Å². The summed E-state index contributed by atoms with van der Waals surface area (Å²) in [6, 6.07) is 15.2. The summed E-state index contributed by atoms with van der Waals surface area (Å²) in [5.74, 6) is 0. The fourth-order valence-corrected chi connectivity index (χ4v) is 3.15. The Morgan fingerprint density at radius 2 is 1.80 bits per heavy atom. The van der Waals surface area contributed by atoms with Gasteiger partial charge in [0.25, 0.3) is 0 Å². The quantitative estimate of drug-likeness (QED) is 0.872. The number of morpholine rings is 1. The van der Waals surface area contributed by atoms with Gasteiger partial charge in [-0.15, -0.1) is 0 Å². The predicted molar refractivity (Wildman–Crippen MR) is 93.5 cm³/mol. The van der Waals surface area contributed by atoms with E-state index in [9.17, 15) is 13.2 Å². The maximum absolute atomic E-state index is 12.4. The van der Waals surface area contributed by atoms with Gasteiger partial charge in [-0.05, 0) is 29.8 Å². The lowest BCUT2D eigenvalue weighted by atomic mass is 10.1. The first-order valence-corrected chi connectivity index (χ1v) is 9.33. The number of sulfonamides is 1. The zero-order valence-corrected chi connectivity index (χ0v) is 14.3. The molecule has 1 aliphatic heterocycles. The van der Waals surface area contributed by atoms with E-state index >= 15 is 0 Å². The molecule has 1 atom stereocenters. The molecule has 0 saturated carbocycles. The van der Waals surface area contributed by atoms with Gasteiger partial charge in [0.15, 0.2) is 0 Å². The molecule has 0 aliphatic carbocycles. The van der Waals surface area contributed by atoms with E-state index in [0.717, 1.165) is 5.56 Å². The molecule has 7 nitrogen and oxygen atoms in total. The lowest BCUT2D eigenvalue weighted by Crippen LogP contribution is -2.44. The van der Waals surface area contributed by atoms with Crippen molar-refractivity contribution in [2.24, 2.45) is 5.14 Å². The molecule has 8 heteroatoms. The fourth-order valence-electron chi connectivity index (χ4n) is 2.63. The van der Waals surface area contributed by atoms with E-state index in [1.165, 1.54) is 24.3 Å². The minimum atomic E-state index is -3.75. The van der Waals surface area contributed by atoms with Gasteiger partial charge in [-0.25, -0.2) is 18.4 Å². The minimum absolute atomic E-state index is 0.000938. The predicted octanol–water partition coefficient (Wildman–Crippen LogP) is 1.94. The normalized spacial score (nSPS) is 18.0. The molecule has 1 heterocycles. The summed E-state index contributed by atoms with van der Waals surface area (Å²) in [4.78, 5) is 14.1. The third-order valence-corrected chi connectivity index (χ3v) is 4.89. The van der Waals surface area contributed by atoms with Crippen LogP contribution in [0.3, 0.4) is 0 Å². The molecule has 25 heavy (non-hydrogen) atoms. The molecule has 1 fully saturated rings. The molecule has 1 saturated heterocycles. The molecule has 0 radical (unpaired) electrons. The van der Waals surface area contributed by atoms with Crippen LogP contribution in [-0.4, -0.2) is 39.0 Å². The first-order chi connectivity index (χ1) is 11.9. The first-order valence-electron chi connectivity index (χ1n) is 7.79. The average Bonchev–Trinajstić information content (AvgIpc) is 2.62. The van der Waals surface area contributed by atoms with Crippen molar-refractivity contribution in [3.05, 3.63) is 60.2 Å². The van der Waals surface area contributed by atoms with Crippen molar-refractivity contribution in [3.63, 3.8) is 0 Å². The van der Waals surface area contributed by atoms with Crippen molar-refractivity contribution in [3.8, 4) is 0 Å². The van der Waals surface area contributed by atoms with E-state index in [4.69, 9.17) is 9.88 Å². The van der Waals surface area contributed by atoms with E-state index in [2.05, 4.69) is 5.32 Å². The molecule has 2 amide bonds. The van der Waals surface area contributed by atoms with Crippen LogP contribution < -0.4 is 10.5 Å². The Balaban J connectivity index is 1.65. The van der Waals surface area contributed by atoms with Gasteiger partial charge in [0.05, 0.1) is 18.0 Å². The molecule has 0 spiro atoms.